The van der Waals surface area contributed by atoms with Gasteiger partial charge in [0.25, 0.3) is 0 Å². The van der Waals surface area contributed by atoms with E-state index in [0.29, 0.717) is 6.54 Å². The van der Waals surface area contributed by atoms with E-state index < -0.39 is 0 Å². The Morgan fingerprint density at radius 2 is 1.39 bits per heavy atom. The minimum Gasteiger partial charge on any atom is -0.326 e. The Morgan fingerprint density at radius 3 is 1.89 bits per heavy atom. The second-order valence-electron chi connectivity index (χ2n) is 4.13. The van der Waals surface area contributed by atoms with Crippen LogP contribution in [0.4, 0.5) is 0 Å². The van der Waals surface area contributed by atoms with Crippen LogP contribution in [0, 0.1) is 0 Å². The normalized spacial score (nSPS) is 11.3. The lowest BCUT2D eigenvalue weighted by molar-refractivity contribution is 1.26. The van der Waals surface area contributed by atoms with Gasteiger partial charge in [0.1, 0.15) is 0 Å². The minimum atomic E-state index is 0.510. The van der Waals surface area contributed by atoms with Gasteiger partial charge in [0.05, 0.1) is 0 Å². The van der Waals surface area contributed by atoms with Crippen LogP contribution < -0.4 is 5.73 Å². The Labute approximate surface area is 108 Å². The summed E-state index contributed by atoms with van der Waals surface area (Å²) in [6.45, 7) is 4.62. The molecular weight excluding hydrogens is 218 g/mol. The zero-order valence-corrected chi connectivity index (χ0v) is 10.3. The van der Waals surface area contributed by atoms with Crippen LogP contribution >= 0.6 is 0 Å². The molecule has 90 valence electrons. The van der Waals surface area contributed by atoms with Crippen molar-refractivity contribution in [2.45, 2.75) is 0 Å². The van der Waals surface area contributed by atoms with Crippen LogP contribution in [0.25, 0.3) is 11.1 Å². The quantitative estimate of drug-likeness (QED) is 0.803. The molecule has 0 aliphatic heterocycles. The second-order valence-corrected chi connectivity index (χ2v) is 4.13. The predicted octanol–water partition coefficient (Wildman–Crippen LogP) is 3.74. The van der Waals surface area contributed by atoms with Gasteiger partial charge in [-0.2, -0.15) is 0 Å². The van der Waals surface area contributed by atoms with Crippen molar-refractivity contribution in [3.05, 3.63) is 84.4 Å². The summed E-state index contributed by atoms with van der Waals surface area (Å²) in [5.41, 5.74) is 10.2. The topological polar surface area (TPSA) is 26.0 Å². The van der Waals surface area contributed by atoms with Crippen molar-refractivity contribution in [2.75, 3.05) is 6.54 Å². The predicted molar refractivity (Wildman–Crippen MR) is 78.9 cm³/mol. The number of hydrogen-bond acceptors (Lipinski definition) is 1. The van der Waals surface area contributed by atoms with Crippen LogP contribution in [0.1, 0.15) is 11.1 Å². The number of nitrogens with two attached hydrogens (primary N) is 1. The SMILES string of the molecule is C=C(/C=C(\CN)c1ccccc1)c1ccccc1. The molecule has 0 aromatic heterocycles. The molecule has 0 saturated heterocycles. The molecule has 0 heterocycles. The highest BCUT2D eigenvalue weighted by atomic mass is 14.5. The Morgan fingerprint density at radius 1 is 0.889 bits per heavy atom. The van der Waals surface area contributed by atoms with Gasteiger partial charge in [0.15, 0.2) is 0 Å². The summed E-state index contributed by atoms with van der Waals surface area (Å²) in [7, 11) is 0. The number of allylic oxidation sites excluding steroid dienone is 2. The molecule has 2 aromatic rings. The number of rotatable bonds is 4. The molecular formula is C17H17N. The summed E-state index contributed by atoms with van der Waals surface area (Å²) in [6, 6.07) is 20.3. The standard InChI is InChI=1S/C17H17N/c1-14(15-8-4-2-5-9-15)12-17(13-18)16-10-6-3-7-11-16/h2-12H,1,13,18H2/b17-12+. The Balaban J connectivity index is 2.29. The van der Waals surface area contributed by atoms with Crippen molar-refractivity contribution in [3.63, 3.8) is 0 Å². The Bertz CT molecular complexity index is 538. The fraction of sp³-hybridized carbons (Fsp3) is 0.0588. The highest BCUT2D eigenvalue weighted by Gasteiger charge is 2.01. The smallest absolute Gasteiger partial charge is 0.0184 e. The monoisotopic (exact) mass is 235 g/mol. The first-order chi connectivity index (χ1) is 8.81. The molecule has 0 aliphatic carbocycles. The molecule has 2 N–H and O–H groups in total. The number of benzene rings is 2. The van der Waals surface area contributed by atoms with Crippen molar-refractivity contribution in [3.8, 4) is 0 Å². The zero-order chi connectivity index (χ0) is 12.8. The molecule has 0 spiro atoms. The third-order valence-electron chi connectivity index (χ3n) is 2.86. The fourth-order valence-corrected chi connectivity index (χ4v) is 1.86. The highest BCUT2D eigenvalue weighted by molar-refractivity contribution is 5.83. The van der Waals surface area contributed by atoms with Gasteiger partial charge in [0, 0.05) is 6.54 Å². The Hall–Kier alpha value is -2.12. The highest BCUT2D eigenvalue weighted by Crippen LogP contribution is 2.20. The molecule has 0 aliphatic rings. The summed E-state index contributed by atoms with van der Waals surface area (Å²) >= 11 is 0. The first-order valence-electron chi connectivity index (χ1n) is 6.01. The third-order valence-corrected chi connectivity index (χ3v) is 2.86. The van der Waals surface area contributed by atoms with Crippen LogP contribution in [0.3, 0.4) is 0 Å². The van der Waals surface area contributed by atoms with E-state index in [0.717, 1.165) is 22.3 Å². The van der Waals surface area contributed by atoms with Gasteiger partial charge in [-0.1, -0.05) is 67.2 Å². The van der Waals surface area contributed by atoms with Gasteiger partial charge >= 0.3 is 0 Å². The lowest BCUT2D eigenvalue weighted by Crippen LogP contribution is -2.02. The van der Waals surface area contributed by atoms with E-state index in [2.05, 4.69) is 36.9 Å². The van der Waals surface area contributed by atoms with E-state index in [1.54, 1.807) is 0 Å². The van der Waals surface area contributed by atoms with Crippen molar-refractivity contribution in [1.29, 1.82) is 0 Å². The molecule has 0 radical (unpaired) electrons. The average molecular weight is 235 g/mol. The molecule has 1 nitrogen and oxygen atoms in total. The van der Waals surface area contributed by atoms with E-state index >= 15 is 0 Å². The van der Waals surface area contributed by atoms with Gasteiger partial charge in [-0.15, -0.1) is 0 Å². The van der Waals surface area contributed by atoms with Crippen molar-refractivity contribution < 1.29 is 0 Å². The fourth-order valence-electron chi connectivity index (χ4n) is 1.86. The van der Waals surface area contributed by atoms with Gasteiger partial charge in [-0.25, -0.2) is 0 Å². The van der Waals surface area contributed by atoms with Crippen LogP contribution in [-0.4, -0.2) is 6.54 Å². The zero-order valence-electron chi connectivity index (χ0n) is 10.3. The van der Waals surface area contributed by atoms with E-state index in [1.165, 1.54) is 0 Å². The minimum absolute atomic E-state index is 0.510. The van der Waals surface area contributed by atoms with E-state index in [1.807, 2.05) is 36.4 Å². The molecule has 2 aromatic carbocycles. The Kier molecular flexibility index (Phi) is 4.11. The molecule has 0 amide bonds. The van der Waals surface area contributed by atoms with Gasteiger partial charge in [-0.3, -0.25) is 0 Å². The van der Waals surface area contributed by atoms with Crippen LogP contribution in [0.15, 0.2) is 73.3 Å². The summed E-state index contributed by atoms with van der Waals surface area (Å²) < 4.78 is 0. The van der Waals surface area contributed by atoms with Crippen molar-refractivity contribution in [2.24, 2.45) is 5.73 Å². The van der Waals surface area contributed by atoms with Gasteiger partial charge in [-0.05, 0) is 28.3 Å². The molecule has 0 atom stereocenters. The van der Waals surface area contributed by atoms with Crippen molar-refractivity contribution in [1.82, 2.24) is 0 Å². The molecule has 0 fully saturated rings. The molecule has 1 heteroatoms. The summed E-state index contributed by atoms with van der Waals surface area (Å²) in [5, 5.41) is 0. The van der Waals surface area contributed by atoms with E-state index in [-0.39, 0.29) is 0 Å². The molecule has 0 saturated carbocycles. The van der Waals surface area contributed by atoms with Gasteiger partial charge < -0.3 is 5.73 Å². The summed E-state index contributed by atoms with van der Waals surface area (Å²) in [4.78, 5) is 0. The van der Waals surface area contributed by atoms with Crippen LogP contribution in [0.5, 0.6) is 0 Å². The van der Waals surface area contributed by atoms with E-state index in [9.17, 15) is 0 Å². The van der Waals surface area contributed by atoms with Crippen LogP contribution in [0.2, 0.25) is 0 Å². The maximum Gasteiger partial charge on any atom is 0.0184 e. The first-order valence-corrected chi connectivity index (χ1v) is 6.01. The largest absolute Gasteiger partial charge is 0.326 e. The number of hydrogen-bond donors (Lipinski definition) is 1. The molecule has 2 rings (SSSR count). The van der Waals surface area contributed by atoms with Crippen molar-refractivity contribution >= 4 is 11.1 Å². The summed E-state index contributed by atoms with van der Waals surface area (Å²) in [5.74, 6) is 0. The van der Waals surface area contributed by atoms with Gasteiger partial charge in [0.2, 0.25) is 0 Å². The summed E-state index contributed by atoms with van der Waals surface area (Å²) in [6.07, 6.45) is 2.06. The first kappa shape index (κ1) is 12.3. The maximum absolute atomic E-state index is 5.82. The second kappa shape index (κ2) is 5.99. The van der Waals surface area contributed by atoms with Crippen LogP contribution in [-0.2, 0) is 0 Å². The lowest BCUT2D eigenvalue weighted by atomic mass is 10.00. The molecule has 0 bridgehead atoms. The maximum atomic E-state index is 5.82. The average Bonchev–Trinajstić information content (AvgIpc) is 2.46. The van der Waals surface area contributed by atoms with E-state index in [4.69, 9.17) is 5.73 Å². The third kappa shape index (κ3) is 2.96. The molecule has 0 unspecified atom stereocenters. The lowest BCUT2D eigenvalue weighted by Gasteiger charge is -2.07. The molecule has 18 heavy (non-hydrogen) atoms.